The van der Waals surface area contributed by atoms with Gasteiger partial charge in [-0.1, -0.05) is 23.4 Å². The Morgan fingerprint density at radius 1 is 1.19 bits per heavy atom. The number of hydrogen-bond acceptors (Lipinski definition) is 8. The number of aromatic nitrogens is 3. The van der Waals surface area contributed by atoms with Gasteiger partial charge in [0.15, 0.2) is 22.5 Å². The highest BCUT2D eigenvalue weighted by Gasteiger charge is 2.18. The van der Waals surface area contributed by atoms with Crippen LogP contribution >= 0.6 is 23.4 Å². The molecule has 1 aromatic heterocycles. The van der Waals surface area contributed by atoms with Crippen LogP contribution in [0.4, 0.5) is 11.4 Å². The number of amides is 1. The van der Waals surface area contributed by atoms with Gasteiger partial charge in [0.1, 0.15) is 5.02 Å². The van der Waals surface area contributed by atoms with Crippen molar-refractivity contribution in [2.75, 3.05) is 25.3 Å². The van der Waals surface area contributed by atoms with Crippen LogP contribution in [-0.2, 0) is 11.3 Å². The van der Waals surface area contributed by atoms with Crippen molar-refractivity contribution in [3.8, 4) is 22.9 Å². The van der Waals surface area contributed by atoms with Crippen molar-refractivity contribution < 1.29 is 19.2 Å². The van der Waals surface area contributed by atoms with Gasteiger partial charge in [-0.15, -0.1) is 10.2 Å². The van der Waals surface area contributed by atoms with E-state index in [0.717, 1.165) is 5.56 Å². The minimum Gasteiger partial charge on any atom is -0.493 e. The van der Waals surface area contributed by atoms with Crippen LogP contribution in [0.2, 0.25) is 5.02 Å². The van der Waals surface area contributed by atoms with Gasteiger partial charge in [0.2, 0.25) is 5.91 Å². The molecule has 0 fully saturated rings. The number of carbonyl (C=O) groups excluding carboxylic acids is 1. The Bertz CT molecular complexity index is 1150. The fourth-order valence-corrected chi connectivity index (χ4v) is 3.92. The average molecular weight is 478 g/mol. The summed E-state index contributed by atoms with van der Waals surface area (Å²) < 4.78 is 12.5. The fourth-order valence-electron chi connectivity index (χ4n) is 2.93. The molecule has 12 heteroatoms. The van der Waals surface area contributed by atoms with Crippen molar-refractivity contribution >= 4 is 40.6 Å². The van der Waals surface area contributed by atoms with Crippen LogP contribution in [0.1, 0.15) is 6.92 Å². The van der Waals surface area contributed by atoms with Crippen molar-refractivity contribution in [2.24, 2.45) is 0 Å². The number of carbonyl (C=O) groups is 1. The third-order valence-corrected chi connectivity index (χ3v) is 5.72. The van der Waals surface area contributed by atoms with Crippen molar-refractivity contribution in [1.29, 1.82) is 0 Å². The number of benzene rings is 2. The van der Waals surface area contributed by atoms with Crippen LogP contribution in [0.25, 0.3) is 11.4 Å². The third-order valence-electron chi connectivity index (χ3n) is 4.43. The van der Waals surface area contributed by atoms with Gasteiger partial charge in [-0.25, -0.2) is 0 Å². The second-order valence-electron chi connectivity index (χ2n) is 6.38. The highest BCUT2D eigenvalue weighted by atomic mass is 35.5. The summed E-state index contributed by atoms with van der Waals surface area (Å²) in [4.78, 5) is 22.8. The molecule has 3 rings (SSSR count). The Kier molecular flexibility index (Phi) is 7.54. The number of ether oxygens (including phenoxy) is 2. The molecule has 3 aromatic rings. The van der Waals surface area contributed by atoms with Gasteiger partial charge in [-0.05, 0) is 37.3 Å². The molecule has 1 heterocycles. The molecule has 0 spiro atoms. The zero-order valence-electron chi connectivity index (χ0n) is 17.5. The lowest BCUT2D eigenvalue weighted by atomic mass is 10.2. The first kappa shape index (κ1) is 23.4. The molecule has 32 heavy (non-hydrogen) atoms. The second kappa shape index (κ2) is 10.3. The van der Waals surface area contributed by atoms with Crippen LogP contribution in [0, 0.1) is 10.1 Å². The lowest BCUT2D eigenvalue weighted by Crippen LogP contribution is -2.14. The smallest absolute Gasteiger partial charge is 0.289 e. The quantitative estimate of drug-likeness (QED) is 0.275. The molecule has 2 aromatic carbocycles. The summed E-state index contributed by atoms with van der Waals surface area (Å²) in [5.41, 5.74) is 0.804. The van der Waals surface area contributed by atoms with E-state index in [-0.39, 0.29) is 28.1 Å². The molecular weight excluding hydrogens is 458 g/mol. The zero-order valence-corrected chi connectivity index (χ0v) is 19.1. The van der Waals surface area contributed by atoms with E-state index in [4.69, 9.17) is 21.1 Å². The molecule has 0 saturated carbocycles. The van der Waals surface area contributed by atoms with E-state index < -0.39 is 4.92 Å². The van der Waals surface area contributed by atoms with Crippen molar-refractivity contribution in [2.45, 2.75) is 18.6 Å². The van der Waals surface area contributed by atoms with E-state index in [1.165, 1.54) is 30.0 Å². The second-order valence-corrected chi connectivity index (χ2v) is 7.73. The lowest BCUT2D eigenvalue weighted by molar-refractivity contribution is -0.384. The molecule has 0 aliphatic heterocycles. The maximum atomic E-state index is 12.4. The number of nitro groups is 1. The van der Waals surface area contributed by atoms with Crippen molar-refractivity contribution in [1.82, 2.24) is 14.8 Å². The molecule has 0 unspecified atom stereocenters. The molecule has 168 valence electrons. The van der Waals surface area contributed by atoms with Crippen molar-refractivity contribution in [3.05, 3.63) is 51.5 Å². The van der Waals surface area contributed by atoms with Gasteiger partial charge in [0, 0.05) is 23.9 Å². The summed E-state index contributed by atoms with van der Waals surface area (Å²) in [6, 6.07) is 9.53. The molecule has 0 atom stereocenters. The van der Waals surface area contributed by atoms with Crippen LogP contribution in [-0.4, -0.2) is 45.6 Å². The summed E-state index contributed by atoms with van der Waals surface area (Å²) in [5, 5.41) is 22.7. The number of methoxy groups -OCH3 is 2. The number of hydrogen-bond donors (Lipinski definition) is 1. The number of nitrogens with zero attached hydrogens (tertiary/aromatic N) is 4. The Morgan fingerprint density at radius 2 is 1.94 bits per heavy atom. The summed E-state index contributed by atoms with van der Waals surface area (Å²) in [7, 11) is 3.12. The molecule has 0 radical (unpaired) electrons. The highest BCUT2D eigenvalue weighted by Crippen LogP contribution is 2.33. The summed E-state index contributed by atoms with van der Waals surface area (Å²) in [6.45, 7) is 2.54. The van der Waals surface area contributed by atoms with Crippen molar-refractivity contribution in [3.63, 3.8) is 0 Å². The maximum Gasteiger partial charge on any atom is 0.289 e. The molecule has 0 aliphatic carbocycles. The largest absolute Gasteiger partial charge is 0.493 e. The maximum absolute atomic E-state index is 12.4. The molecule has 1 N–H and O–H groups in total. The molecule has 0 aliphatic rings. The first-order chi connectivity index (χ1) is 15.4. The minimum atomic E-state index is -0.605. The summed E-state index contributed by atoms with van der Waals surface area (Å²) >= 11 is 7.01. The van der Waals surface area contributed by atoms with Crippen LogP contribution < -0.4 is 14.8 Å². The SMILES string of the molecule is CCn1c(SCC(=O)Nc2ccc(Cl)c([N+](=O)[O-])c2)nnc1-c1ccc(OC)c(OC)c1. The van der Waals surface area contributed by atoms with Crippen LogP contribution in [0.5, 0.6) is 11.5 Å². The predicted octanol–water partition coefficient (Wildman–Crippen LogP) is 4.27. The third kappa shape index (κ3) is 5.11. The number of thioether (sulfide) groups is 1. The number of rotatable bonds is 9. The number of nitrogens with one attached hydrogen (secondary N) is 1. The van der Waals surface area contributed by atoms with E-state index in [1.807, 2.05) is 23.6 Å². The first-order valence-corrected chi connectivity index (χ1v) is 10.8. The van der Waals surface area contributed by atoms with Crippen LogP contribution in [0.15, 0.2) is 41.6 Å². The number of anilines is 1. The molecular formula is C20H20ClN5O5S. The lowest BCUT2D eigenvalue weighted by Gasteiger charge is -2.11. The standard InChI is InChI=1S/C20H20ClN5O5S/c1-4-25-19(12-5-8-16(30-2)17(9-12)31-3)23-24-20(25)32-11-18(27)22-13-6-7-14(21)15(10-13)26(28)29/h5-10H,4,11H2,1-3H3,(H,22,27). The van der Waals surface area contributed by atoms with E-state index in [9.17, 15) is 14.9 Å². The number of nitro benzene ring substituents is 1. The predicted molar refractivity (Wildman–Crippen MR) is 122 cm³/mol. The molecule has 10 nitrogen and oxygen atoms in total. The van der Waals surface area contributed by atoms with Gasteiger partial charge in [0.25, 0.3) is 5.69 Å². The van der Waals surface area contributed by atoms with Crippen LogP contribution in [0.3, 0.4) is 0 Å². The highest BCUT2D eigenvalue weighted by molar-refractivity contribution is 7.99. The van der Waals surface area contributed by atoms with E-state index >= 15 is 0 Å². The van der Waals surface area contributed by atoms with Gasteiger partial charge in [-0.3, -0.25) is 14.9 Å². The Hall–Kier alpha value is -3.31. The Labute approximate surface area is 193 Å². The summed E-state index contributed by atoms with van der Waals surface area (Å²) in [6.07, 6.45) is 0. The number of halogens is 1. The van der Waals surface area contributed by atoms with Gasteiger partial charge < -0.3 is 19.4 Å². The topological polar surface area (TPSA) is 121 Å². The Balaban J connectivity index is 1.73. The zero-order chi connectivity index (χ0) is 23.3. The monoisotopic (exact) mass is 477 g/mol. The first-order valence-electron chi connectivity index (χ1n) is 9.40. The van der Waals surface area contributed by atoms with E-state index in [0.29, 0.717) is 29.0 Å². The average Bonchev–Trinajstić information content (AvgIpc) is 3.21. The molecule has 0 saturated heterocycles. The normalized spacial score (nSPS) is 10.6. The molecule has 1 amide bonds. The van der Waals surface area contributed by atoms with Gasteiger partial charge >= 0.3 is 0 Å². The van der Waals surface area contributed by atoms with Gasteiger partial charge in [0.05, 0.1) is 24.9 Å². The van der Waals surface area contributed by atoms with E-state index in [1.54, 1.807) is 20.3 Å². The van der Waals surface area contributed by atoms with Gasteiger partial charge in [-0.2, -0.15) is 0 Å². The van der Waals surface area contributed by atoms with E-state index in [2.05, 4.69) is 15.5 Å². The Morgan fingerprint density at radius 3 is 2.59 bits per heavy atom. The fraction of sp³-hybridized carbons (Fsp3) is 0.250. The molecule has 0 bridgehead atoms. The minimum absolute atomic E-state index is 0.00103. The summed E-state index contributed by atoms with van der Waals surface area (Å²) in [5.74, 6) is 1.50.